The van der Waals surface area contributed by atoms with Crippen molar-refractivity contribution in [1.29, 1.82) is 0 Å². The van der Waals surface area contributed by atoms with Crippen LogP contribution in [-0.4, -0.2) is 17.0 Å². The van der Waals surface area contributed by atoms with Crippen LogP contribution in [0.5, 0.6) is 5.75 Å². The molecule has 0 spiro atoms. The molecular formula is C16H20N2O2S. The Labute approximate surface area is 129 Å². The maximum absolute atomic E-state index is 12.0. The van der Waals surface area contributed by atoms with E-state index in [-0.39, 0.29) is 11.3 Å². The van der Waals surface area contributed by atoms with Crippen LogP contribution >= 0.6 is 11.3 Å². The number of rotatable bonds is 4. The van der Waals surface area contributed by atoms with Crippen LogP contribution in [0.25, 0.3) is 0 Å². The Bertz CT molecular complexity index is 603. The van der Waals surface area contributed by atoms with Gasteiger partial charge in [0.1, 0.15) is 5.75 Å². The first-order chi connectivity index (χ1) is 9.86. The van der Waals surface area contributed by atoms with Crippen molar-refractivity contribution in [2.45, 2.75) is 39.2 Å². The van der Waals surface area contributed by atoms with Crippen molar-refractivity contribution in [3.8, 4) is 5.75 Å². The first-order valence-corrected chi connectivity index (χ1v) is 7.72. The van der Waals surface area contributed by atoms with Crippen LogP contribution in [0.1, 0.15) is 33.3 Å². The maximum Gasteiger partial charge on any atom is 0.266 e. The highest BCUT2D eigenvalue weighted by atomic mass is 32.1. The predicted molar refractivity (Wildman–Crippen MR) is 86.0 cm³/mol. The van der Waals surface area contributed by atoms with Gasteiger partial charge in [0.05, 0.1) is 0 Å². The van der Waals surface area contributed by atoms with E-state index < -0.39 is 6.10 Å². The lowest BCUT2D eigenvalue weighted by Crippen LogP contribution is -2.30. The van der Waals surface area contributed by atoms with Gasteiger partial charge in [0.2, 0.25) is 0 Å². The molecule has 1 aromatic heterocycles. The van der Waals surface area contributed by atoms with Crippen molar-refractivity contribution >= 4 is 22.4 Å². The van der Waals surface area contributed by atoms with Gasteiger partial charge in [-0.2, -0.15) is 0 Å². The van der Waals surface area contributed by atoms with Gasteiger partial charge in [-0.1, -0.05) is 32.9 Å². The quantitative estimate of drug-likeness (QED) is 0.933. The van der Waals surface area contributed by atoms with E-state index in [1.165, 1.54) is 16.9 Å². The fraction of sp³-hybridized carbons (Fsp3) is 0.375. The highest BCUT2D eigenvalue weighted by molar-refractivity contribution is 7.13. The van der Waals surface area contributed by atoms with Crippen LogP contribution in [0.4, 0.5) is 5.13 Å². The zero-order valence-electron chi connectivity index (χ0n) is 12.7. The summed E-state index contributed by atoms with van der Waals surface area (Å²) < 4.78 is 5.73. The molecule has 0 saturated heterocycles. The van der Waals surface area contributed by atoms with Crippen LogP contribution < -0.4 is 10.1 Å². The first-order valence-electron chi connectivity index (χ1n) is 6.84. The average Bonchev–Trinajstić information content (AvgIpc) is 2.91. The molecule has 0 fully saturated rings. The largest absolute Gasteiger partial charge is 0.481 e. The van der Waals surface area contributed by atoms with Gasteiger partial charge in [-0.25, -0.2) is 4.98 Å². The van der Waals surface area contributed by atoms with E-state index in [2.05, 4.69) is 37.1 Å². The summed E-state index contributed by atoms with van der Waals surface area (Å²) in [4.78, 5) is 16.1. The second-order valence-electron chi connectivity index (χ2n) is 5.86. The average molecular weight is 304 g/mol. The number of hydrogen-bond acceptors (Lipinski definition) is 4. The summed E-state index contributed by atoms with van der Waals surface area (Å²) in [5, 5.41) is 5.13. The van der Waals surface area contributed by atoms with Gasteiger partial charge in [0.15, 0.2) is 11.2 Å². The highest BCUT2D eigenvalue weighted by Gasteiger charge is 2.18. The molecule has 1 unspecified atom stereocenters. The minimum atomic E-state index is -0.580. The van der Waals surface area contributed by atoms with Gasteiger partial charge >= 0.3 is 0 Å². The van der Waals surface area contributed by atoms with E-state index in [9.17, 15) is 4.79 Å². The molecule has 5 heteroatoms. The fourth-order valence-electron chi connectivity index (χ4n) is 1.79. The summed E-state index contributed by atoms with van der Waals surface area (Å²) in [6, 6.07) is 7.85. The zero-order valence-corrected chi connectivity index (χ0v) is 13.5. The molecule has 112 valence electrons. The summed E-state index contributed by atoms with van der Waals surface area (Å²) in [7, 11) is 0. The van der Waals surface area contributed by atoms with Crippen LogP contribution in [0.3, 0.4) is 0 Å². The molecule has 0 bridgehead atoms. The van der Waals surface area contributed by atoms with Crippen molar-refractivity contribution in [2.24, 2.45) is 0 Å². The number of nitrogens with one attached hydrogen (secondary N) is 1. The summed E-state index contributed by atoms with van der Waals surface area (Å²) in [5.41, 5.74) is 1.22. The smallest absolute Gasteiger partial charge is 0.266 e. The lowest BCUT2D eigenvalue weighted by molar-refractivity contribution is -0.122. The molecule has 0 radical (unpaired) electrons. The number of aromatic nitrogens is 1. The summed E-state index contributed by atoms with van der Waals surface area (Å²) in [6.07, 6.45) is 1.07. The molecule has 1 atom stereocenters. The normalized spacial score (nSPS) is 12.8. The molecule has 0 saturated carbocycles. The Morgan fingerprint density at radius 1 is 1.38 bits per heavy atom. The third kappa shape index (κ3) is 4.29. The molecule has 21 heavy (non-hydrogen) atoms. The lowest BCUT2D eigenvalue weighted by Gasteiger charge is -2.21. The van der Waals surface area contributed by atoms with Crippen LogP contribution in [-0.2, 0) is 10.2 Å². The van der Waals surface area contributed by atoms with Gasteiger partial charge in [-0.15, -0.1) is 11.3 Å². The molecule has 1 aromatic carbocycles. The summed E-state index contributed by atoms with van der Waals surface area (Å²) >= 11 is 1.38. The van der Waals surface area contributed by atoms with Crippen molar-refractivity contribution in [3.05, 3.63) is 41.4 Å². The molecule has 2 rings (SSSR count). The zero-order chi connectivity index (χ0) is 15.5. The Kier molecular flexibility index (Phi) is 4.63. The predicted octanol–water partition coefficient (Wildman–Crippen LogP) is 3.85. The van der Waals surface area contributed by atoms with Gasteiger partial charge in [0, 0.05) is 11.6 Å². The second kappa shape index (κ2) is 6.26. The highest BCUT2D eigenvalue weighted by Crippen LogP contribution is 2.26. The standard InChI is InChI=1S/C16H20N2O2S/c1-11(14(19)18-15-17-8-9-21-15)20-13-7-5-6-12(10-13)16(2,3)4/h5-11H,1-4H3,(H,17,18,19). The number of nitrogens with zero attached hydrogens (tertiary/aromatic N) is 1. The number of hydrogen-bond donors (Lipinski definition) is 1. The van der Waals surface area contributed by atoms with Crippen molar-refractivity contribution in [3.63, 3.8) is 0 Å². The second-order valence-corrected chi connectivity index (χ2v) is 6.76. The molecule has 1 amide bonds. The Balaban J connectivity index is 2.02. The summed E-state index contributed by atoms with van der Waals surface area (Å²) in [5.74, 6) is 0.496. The number of thiazole rings is 1. The fourth-order valence-corrected chi connectivity index (χ4v) is 2.32. The van der Waals surface area contributed by atoms with E-state index in [1.807, 2.05) is 23.6 Å². The SMILES string of the molecule is CC(Oc1cccc(C(C)(C)C)c1)C(=O)Nc1nccs1. The number of carbonyl (C=O) groups excluding carboxylic acids is 1. The van der Waals surface area contributed by atoms with Gasteiger partial charge in [-0.3, -0.25) is 10.1 Å². The minimum Gasteiger partial charge on any atom is -0.481 e. The van der Waals surface area contributed by atoms with E-state index in [1.54, 1.807) is 13.1 Å². The topological polar surface area (TPSA) is 51.2 Å². The van der Waals surface area contributed by atoms with E-state index in [0.29, 0.717) is 10.9 Å². The molecule has 1 heterocycles. The molecular weight excluding hydrogens is 284 g/mol. The van der Waals surface area contributed by atoms with Gasteiger partial charge < -0.3 is 4.74 Å². The van der Waals surface area contributed by atoms with E-state index in [4.69, 9.17) is 4.74 Å². The number of anilines is 1. The summed E-state index contributed by atoms with van der Waals surface area (Å²) in [6.45, 7) is 8.16. The number of benzene rings is 1. The molecule has 0 aliphatic heterocycles. The maximum atomic E-state index is 12.0. The molecule has 0 aliphatic rings. The van der Waals surface area contributed by atoms with Crippen LogP contribution in [0.2, 0.25) is 0 Å². The Morgan fingerprint density at radius 2 is 2.14 bits per heavy atom. The van der Waals surface area contributed by atoms with Crippen LogP contribution in [0.15, 0.2) is 35.8 Å². The van der Waals surface area contributed by atoms with Crippen LogP contribution in [0, 0.1) is 0 Å². The Hall–Kier alpha value is -1.88. The lowest BCUT2D eigenvalue weighted by atomic mass is 9.87. The van der Waals surface area contributed by atoms with E-state index in [0.717, 1.165) is 0 Å². The monoisotopic (exact) mass is 304 g/mol. The first kappa shape index (κ1) is 15.5. The molecule has 1 N–H and O–H groups in total. The molecule has 4 nitrogen and oxygen atoms in total. The number of carbonyl (C=O) groups is 1. The Morgan fingerprint density at radius 3 is 2.76 bits per heavy atom. The third-order valence-electron chi connectivity index (χ3n) is 3.04. The molecule has 2 aromatic rings. The van der Waals surface area contributed by atoms with Crippen molar-refractivity contribution in [1.82, 2.24) is 4.98 Å². The number of ether oxygens (including phenoxy) is 1. The van der Waals surface area contributed by atoms with Gasteiger partial charge in [0.25, 0.3) is 5.91 Å². The molecule has 0 aliphatic carbocycles. The van der Waals surface area contributed by atoms with Gasteiger partial charge in [-0.05, 0) is 30.0 Å². The van der Waals surface area contributed by atoms with Crippen molar-refractivity contribution in [2.75, 3.05) is 5.32 Å². The third-order valence-corrected chi connectivity index (χ3v) is 3.73. The van der Waals surface area contributed by atoms with Crippen molar-refractivity contribution < 1.29 is 9.53 Å². The minimum absolute atomic E-state index is 0.0474. The van der Waals surface area contributed by atoms with E-state index >= 15 is 0 Å². The number of amides is 1.